The Hall–Kier alpha value is -2.62. The van der Waals surface area contributed by atoms with Crippen LogP contribution < -0.4 is 5.32 Å². The second-order valence-electron chi connectivity index (χ2n) is 5.44. The molecular formula is C19H22N2O2. The first-order chi connectivity index (χ1) is 11.1. The highest BCUT2D eigenvalue weighted by Crippen LogP contribution is 2.10. The van der Waals surface area contributed by atoms with Gasteiger partial charge in [0.1, 0.15) is 0 Å². The average molecular weight is 310 g/mol. The molecule has 0 aliphatic heterocycles. The zero-order valence-electron chi connectivity index (χ0n) is 13.7. The van der Waals surface area contributed by atoms with E-state index in [0.29, 0.717) is 0 Å². The predicted octanol–water partition coefficient (Wildman–Crippen LogP) is 3.94. The molecule has 4 heteroatoms. The van der Waals surface area contributed by atoms with E-state index in [-0.39, 0.29) is 5.91 Å². The molecule has 0 saturated carbocycles. The van der Waals surface area contributed by atoms with Crippen molar-refractivity contribution in [3.8, 4) is 0 Å². The molecule has 0 aromatic heterocycles. The van der Waals surface area contributed by atoms with Crippen LogP contribution in [0.4, 0.5) is 5.69 Å². The van der Waals surface area contributed by atoms with Crippen LogP contribution in [0, 0.1) is 6.92 Å². The molecule has 23 heavy (non-hydrogen) atoms. The molecule has 0 spiro atoms. The van der Waals surface area contributed by atoms with Crippen molar-refractivity contribution in [1.82, 2.24) is 0 Å². The fourth-order valence-electron chi connectivity index (χ4n) is 2.04. The van der Waals surface area contributed by atoms with Crippen molar-refractivity contribution in [3.63, 3.8) is 0 Å². The van der Waals surface area contributed by atoms with Gasteiger partial charge in [-0.15, -0.1) is 0 Å². The summed E-state index contributed by atoms with van der Waals surface area (Å²) in [7, 11) is 0. The van der Waals surface area contributed by atoms with E-state index in [1.54, 1.807) is 13.1 Å². The van der Waals surface area contributed by atoms with E-state index in [9.17, 15) is 4.79 Å². The topological polar surface area (TPSA) is 50.7 Å². The highest BCUT2D eigenvalue weighted by Gasteiger charge is 2.14. The van der Waals surface area contributed by atoms with Crippen molar-refractivity contribution in [2.75, 3.05) is 5.32 Å². The van der Waals surface area contributed by atoms with E-state index >= 15 is 0 Å². The van der Waals surface area contributed by atoms with Gasteiger partial charge in [-0.2, -0.15) is 0 Å². The molecular weight excluding hydrogens is 288 g/mol. The Morgan fingerprint density at radius 2 is 2.00 bits per heavy atom. The normalized spacial score (nSPS) is 12.1. The molecule has 0 heterocycles. The van der Waals surface area contributed by atoms with Crippen molar-refractivity contribution in [2.24, 2.45) is 5.16 Å². The SMILES string of the molecule is CCc1ccc(/C=N\O[C@H](C)C(=O)Nc2cccc(C)c2)cc1. The monoisotopic (exact) mass is 310 g/mol. The Morgan fingerprint density at radius 1 is 1.26 bits per heavy atom. The Morgan fingerprint density at radius 3 is 2.65 bits per heavy atom. The molecule has 1 amide bonds. The average Bonchev–Trinajstić information content (AvgIpc) is 2.55. The Kier molecular flexibility index (Phi) is 5.92. The number of hydrogen-bond acceptors (Lipinski definition) is 3. The van der Waals surface area contributed by atoms with Gasteiger partial charge >= 0.3 is 0 Å². The number of amides is 1. The largest absolute Gasteiger partial charge is 0.383 e. The molecule has 0 bridgehead atoms. The van der Waals surface area contributed by atoms with Crippen LogP contribution in [-0.2, 0) is 16.1 Å². The fraction of sp³-hybridized carbons (Fsp3) is 0.263. The number of nitrogens with zero attached hydrogens (tertiary/aromatic N) is 1. The predicted molar refractivity (Wildman–Crippen MR) is 93.8 cm³/mol. The zero-order valence-corrected chi connectivity index (χ0v) is 13.7. The maximum atomic E-state index is 12.0. The standard InChI is InChI=1S/C19H22N2O2/c1-4-16-8-10-17(11-9-16)13-20-23-15(3)19(22)21-18-7-5-6-14(2)12-18/h5-13,15H,4H2,1-3H3,(H,21,22)/b20-13-/t15-/m1/s1. The maximum Gasteiger partial charge on any atom is 0.267 e. The van der Waals surface area contributed by atoms with Gasteiger partial charge in [-0.05, 0) is 49.1 Å². The third-order valence-electron chi connectivity index (χ3n) is 3.46. The number of hydrogen-bond donors (Lipinski definition) is 1. The second kappa shape index (κ2) is 8.13. The summed E-state index contributed by atoms with van der Waals surface area (Å²) in [5, 5.41) is 6.70. The van der Waals surface area contributed by atoms with Gasteiger partial charge in [0.05, 0.1) is 6.21 Å². The molecule has 2 rings (SSSR count). The van der Waals surface area contributed by atoms with Crippen LogP contribution in [-0.4, -0.2) is 18.2 Å². The highest BCUT2D eigenvalue weighted by atomic mass is 16.6. The fourth-order valence-corrected chi connectivity index (χ4v) is 2.04. The molecule has 1 N–H and O–H groups in total. The molecule has 2 aromatic rings. The summed E-state index contributed by atoms with van der Waals surface area (Å²) in [5.74, 6) is -0.228. The number of rotatable bonds is 6. The third kappa shape index (κ3) is 5.25. The quantitative estimate of drug-likeness (QED) is 0.649. The molecule has 120 valence electrons. The van der Waals surface area contributed by atoms with Gasteiger partial charge in [-0.1, -0.05) is 48.5 Å². The molecule has 4 nitrogen and oxygen atoms in total. The van der Waals surface area contributed by atoms with Crippen LogP contribution in [0.1, 0.15) is 30.5 Å². The minimum Gasteiger partial charge on any atom is -0.383 e. The van der Waals surface area contributed by atoms with E-state index in [1.165, 1.54) is 5.56 Å². The lowest BCUT2D eigenvalue weighted by Crippen LogP contribution is -2.26. The van der Waals surface area contributed by atoms with Crippen LogP contribution in [0.15, 0.2) is 53.7 Å². The van der Waals surface area contributed by atoms with Crippen molar-refractivity contribution < 1.29 is 9.63 Å². The number of anilines is 1. The summed E-state index contributed by atoms with van der Waals surface area (Å²) in [6, 6.07) is 15.7. The maximum absolute atomic E-state index is 12.0. The number of nitrogens with one attached hydrogen (secondary N) is 1. The van der Waals surface area contributed by atoms with E-state index in [4.69, 9.17) is 4.84 Å². The molecule has 0 saturated heterocycles. The van der Waals surface area contributed by atoms with Crippen LogP contribution in [0.25, 0.3) is 0 Å². The van der Waals surface area contributed by atoms with Gasteiger partial charge in [-0.3, -0.25) is 4.79 Å². The van der Waals surface area contributed by atoms with E-state index in [2.05, 4.69) is 29.5 Å². The van der Waals surface area contributed by atoms with E-state index in [1.807, 2.05) is 43.3 Å². The first-order valence-corrected chi connectivity index (χ1v) is 7.74. The van der Waals surface area contributed by atoms with E-state index in [0.717, 1.165) is 23.2 Å². The molecule has 0 fully saturated rings. The van der Waals surface area contributed by atoms with Gasteiger partial charge < -0.3 is 10.2 Å². The van der Waals surface area contributed by atoms with E-state index < -0.39 is 6.10 Å². The zero-order chi connectivity index (χ0) is 16.7. The summed E-state index contributed by atoms with van der Waals surface area (Å²) in [4.78, 5) is 17.3. The molecule has 0 unspecified atom stereocenters. The van der Waals surface area contributed by atoms with Gasteiger partial charge in [0.15, 0.2) is 0 Å². The minimum atomic E-state index is -0.665. The van der Waals surface area contributed by atoms with Crippen LogP contribution in [0.3, 0.4) is 0 Å². The van der Waals surface area contributed by atoms with Crippen LogP contribution in [0.5, 0.6) is 0 Å². The Balaban J connectivity index is 1.86. The number of carbonyl (C=O) groups excluding carboxylic acids is 1. The van der Waals surface area contributed by atoms with Crippen molar-refractivity contribution >= 4 is 17.8 Å². The summed E-state index contributed by atoms with van der Waals surface area (Å²) in [6.07, 6.45) is 1.95. The first-order valence-electron chi connectivity index (χ1n) is 7.74. The Labute approximate surface area is 137 Å². The summed E-state index contributed by atoms with van der Waals surface area (Å²) < 4.78 is 0. The molecule has 2 aromatic carbocycles. The summed E-state index contributed by atoms with van der Waals surface area (Å²) in [6.45, 7) is 5.76. The van der Waals surface area contributed by atoms with Crippen LogP contribution in [0.2, 0.25) is 0 Å². The van der Waals surface area contributed by atoms with Gasteiger partial charge in [-0.25, -0.2) is 0 Å². The molecule has 0 aliphatic carbocycles. The smallest absolute Gasteiger partial charge is 0.267 e. The number of carbonyl (C=O) groups is 1. The van der Waals surface area contributed by atoms with Crippen molar-refractivity contribution in [3.05, 3.63) is 65.2 Å². The Bertz CT molecular complexity index is 678. The third-order valence-corrected chi connectivity index (χ3v) is 3.46. The van der Waals surface area contributed by atoms with Crippen LogP contribution >= 0.6 is 0 Å². The minimum absolute atomic E-state index is 0.228. The molecule has 1 atom stereocenters. The van der Waals surface area contributed by atoms with Gasteiger partial charge in [0.2, 0.25) is 6.10 Å². The number of aryl methyl sites for hydroxylation is 2. The van der Waals surface area contributed by atoms with Crippen molar-refractivity contribution in [2.45, 2.75) is 33.3 Å². The van der Waals surface area contributed by atoms with Gasteiger partial charge in [0, 0.05) is 5.69 Å². The van der Waals surface area contributed by atoms with Gasteiger partial charge in [0.25, 0.3) is 5.91 Å². The summed E-state index contributed by atoms with van der Waals surface area (Å²) in [5.41, 5.74) is 4.05. The second-order valence-corrected chi connectivity index (χ2v) is 5.44. The number of benzene rings is 2. The lowest BCUT2D eigenvalue weighted by atomic mass is 10.1. The highest BCUT2D eigenvalue weighted by molar-refractivity contribution is 5.94. The van der Waals surface area contributed by atoms with Crippen molar-refractivity contribution in [1.29, 1.82) is 0 Å². The lowest BCUT2D eigenvalue weighted by molar-refractivity contribution is -0.126. The number of oxime groups is 1. The first kappa shape index (κ1) is 16.7. The molecule has 0 aliphatic rings. The molecule has 0 radical (unpaired) electrons. The lowest BCUT2D eigenvalue weighted by Gasteiger charge is -2.10. The summed E-state index contributed by atoms with van der Waals surface area (Å²) >= 11 is 0.